The molecule has 1 heterocycles. The standard InChI is InChI=1S/C7H9ClN2O/c1-4-3-6(5(2)11)9-10-7(4)8/h3,5,11H,1-2H3. The zero-order chi connectivity index (χ0) is 8.43. The number of rotatable bonds is 1. The largest absolute Gasteiger partial charge is 0.387 e. The fraction of sp³-hybridized carbons (Fsp3) is 0.429. The molecular formula is C7H9ClN2O. The van der Waals surface area contributed by atoms with Crippen LogP contribution in [-0.2, 0) is 0 Å². The van der Waals surface area contributed by atoms with Crippen LogP contribution < -0.4 is 0 Å². The molecular weight excluding hydrogens is 164 g/mol. The van der Waals surface area contributed by atoms with Crippen molar-refractivity contribution in [2.75, 3.05) is 0 Å². The summed E-state index contributed by atoms with van der Waals surface area (Å²) in [7, 11) is 0. The third-order valence-electron chi connectivity index (χ3n) is 1.37. The van der Waals surface area contributed by atoms with Gasteiger partial charge >= 0.3 is 0 Å². The molecule has 0 spiro atoms. The molecule has 4 heteroatoms. The number of halogens is 1. The van der Waals surface area contributed by atoms with Crippen LogP contribution in [0.2, 0.25) is 5.15 Å². The lowest BCUT2D eigenvalue weighted by molar-refractivity contribution is 0.193. The highest BCUT2D eigenvalue weighted by molar-refractivity contribution is 6.30. The van der Waals surface area contributed by atoms with Gasteiger partial charge in [0.05, 0.1) is 11.8 Å². The Kier molecular flexibility index (Phi) is 2.42. The Balaban J connectivity index is 3.05. The molecule has 1 unspecified atom stereocenters. The van der Waals surface area contributed by atoms with E-state index in [0.29, 0.717) is 10.8 Å². The number of hydrogen-bond acceptors (Lipinski definition) is 3. The number of aliphatic hydroxyl groups excluding tert-OH is 1. The van der Waals surface area contributed by atoms with Gasteiger partial charge in [0.2, 0.25) is 0 Å². The normalized spacial score (nSPS) is 13.1. The van der Waals surface area contributed by atoms with Crippen LogP contribution in [0.4, 0.5) is 0 Å². The smallest absolute Gasteiger partial charge is 0.154 e. The highest BCUT2D eigenvalue weighted by atomic mass is 35.5. The first-order valence-electron chi connectivity index (χ1n) is 3.29. The molecule has 0 radical (unpaired) electrons. The summed E-state index contributed by atoms with van der Waals surface area (Å²) in [6.07, 6.45) is -0.585. The van der Waals surface area contributed by atoms with E-state index in [1.54, 1.807) is 13.0 Å². The fourth-order valence-electron chi connectivity index (χ4n) is 0.695. The maximum atomic E-state index is 9.09. The minimum Gasteiger partial charge on any atom is -0.387 e. The van der Waals surface area contributed by atoms with Gasteiger partial charge in [-0.3, -0.25) is 0 Å². The topological polar surface area (TPSA) is 46.0 Å². The van der Waals surface area contributed by atoms with Crippen molar-refractivity contribution in [1.82, 2.24) is 10.2 Å². The minimum atomic E-state index is -0.585. The molecule has 0 aliphatic rings. The molecule has 0 amide bonds. The lowest BCUT2D eigenvalue weighted by atomic mass is 10.2. The molecule has 0 fully saturated rings. The van der Waals surface area contributed by atoms with Crippen LogP contribution in [0.1, 0.15) is 24.3 Å². The van der Waals surface area contributed by atoms with Gasteiger partial charge in [-0.25, -0.2) is 0 Å². The van der Waals surface area contributed by atoms with Crippen molar-refractivity contribution < 1.29 is 5.11 Å². The first kappa shape index (κ1) is 8.43. The highest BCUT2D eigenvalue weighted by Crippen LogP contribution is 2.14. The van der Waals surface area contributed by atoms with E-state index >= 15 is 0 Å². The lowest BCUT2D eigenvalue weighted by Crippen LogP contribution is -1.98. The van der Waals surface area contributed by atoms with E-state index in [-0.39, 0.29) is 0 Å². The summed E-state index contributed by atoms with van der Waals surface area (Å²) in [5, 5.41) is 16.8. The van der Waals surface area contributed by atoms with Crippen LogP contribution in [0.25, 0.3) is 0 Å². The van der Waals surface area contributed by atoms with Crippen LogP contribution in [0.15, 0.2) is 6.07 Å². The average molecular weight is 173 g/mol. The molecule has 0 saturated heterocycles. The molecule has 1 aromatic heterocycles. The van der Waals surface area contributed by atoms with Crippen LogP contribution in [0.5, 0.6) is 0 Å². The van der Waals surface area contributed by atoms with E-state index < -0.39 is 6.10 Å². The van der Waals surface area contributed by atoms with Crippen molar-refractivity contribution in [3.05, 3.63) is 22.5 Å². The molecule has 0 aromatic carbocycles. The van der Waals surface area contributed by atoms with Crippen molar-refractivity contribution in [1.29, 1.82) is 0 Å². The van der Waals surface area contributed by atoms with E-state index in [0.717, 1.165) is 5.56 Å². The molecule has 1 rings (SSSR count). The Bertz CT molecular complexity index is 263. The third-order valence-corrected chi connectivity index (χ3v) is 1.74. The molecule has 1 N–H and O–H groups in total. The number of hydrogen-bond donors (Lipinski definition) is 1. The quantitative estimate of drug-likeness (QED) is 0.698. The molecule has 1 atom stereocenters. The van der Waals surface area contributed by atoms with Crippen molar-refractivity contribution in [3.63, 3.8) is 0 Å². The minimum absolute atomic E-state index is 0.384. The fourth-order valence-corrected chi connectivity index (χ4v) is 0.787. The second kappa shape index (κ2) is 3.15. The molecule has 0 aliphatic carbocycles. The Morgan fingerprint density at radius 1 is 1.55 bits per heavy atom. The Hall–Kier alpha value is -0.670. The summed E-state index contributed by atoms with van der Waals surface area (Å²) in [4.78, 5) is 0. The van der Waals surface area contributed by atoms with Gasteiger partial charge < -0.3 is 5.11 Å². The van der Waals surface area contributed by atoms with Crippen LogP contribution in [-0.4, -0.2) is 15.3 Å². The number of aromatic nitrogens is 2. The maximum absolute atomic E-state index is 9.09. The first-order chi connectivity index (χ1) is 5.11. The van der Waals surface area contributed by atoms with E-state index in [2.05, 4.69) is 10.2 Å². The SMILES string of the molecule is Cc1cc(C(C)O)nnc1Cl. The first-order valence-corrected chi connectivity index (χ1v) is 3.67. The summed E-state index contributed by atoms with van der Waals surface area (Å²) in [5.74, 6) is 0. The average Bonchev–Trinajstić information content (AvgIpc) is 1.94. The maximum Gasteiger partial charge on any atom is 0.154 e. The van der Waals surface area contributed by atoms with Crippen molar-refractivity contribution in [3.8, 4) is 0 Å². The van der Waals surface area contributed by atoms with Crippen LogP contribution >= 0.6 is 11.6 Å². The lowest BCUT2D eigenvalue weighted by Gasteiger charge is -2.03. The number of nitrogens with zero attached hydrogens (tertiary/aromatic N) is 2. The van der Waals surface area contributed by atoms with Gasteiger partial charge in [-0.2, -0.15) is 5.10 Å². The van der Waals surface area contributed by atoms with E-state index in [4.69, 9.17) is 16.7 Å². The molecule has 0 saturated carbocycles. The van der Waals surface area contributed by atoms with Gasteiger partial charge in [0.25, 0.3) is 0 Å². The van der Waals surface area contributed by atoms with Gasteiger partial charge in [0, 0.05) is 0 Å². The summed E-state index contributed by atoms with van der Waals surface area (Å²) < 4.78 is 0. The van der Waals surface area contributed by atoms with Crippen LogP contribution in [0.3, 0.4) is 0 Å². The predicted molar refractivity (Wildman–Crippen MR) is 42.4 cm³/mol. The van der Waals surface area contributed by atoms with Gasteiger partial charge in [-0.15, -0.1) is 5.10 Å². The summed E-state index contributed by atoms with van der Waals surface area (Å²) >= 11 is 5.63. The predicted octanol–water partition coefficient (Wildman–Crippen LogP) is 1.49. The van der Waals surface area contributed by atoms with E-state index in [1.165, 1.54) is 0 Å². The molecule has 1 aromatic rings. The van der Waals surface area contributed by atoms with Gasteiger partial charge in [0.15, 0.2) is 5.15 Å². The second-order valence-corrected chi connectivity index (χ2v) is 2.78. The Morgan fingerprint density at radius 3 is 2.64 bits per heavy atom. The summed E-state index contributed by atoms with van der Waals surface area (Å²) in [5.41, 5.74) is 1.38. The zero-order valence-electron chi connectivity index (χ0n) is 6.37. The highest BCUT2D eigenvalue weighted by Gasteiger charge is 2.04. The zero-order valence-corrected chi connectivity index (χ0v) is 7.13. The molecule has 0 bridgehead atoms. The number of aliphatic hydroxyl groups is 1. The molecule has 0 aliphatic heterocycles. The second-order valence-electron chi connectivity index (χ2n) is 2.42. The van der Waals surface area contributed by atoms with E-state index in [9.17, 15) is 0 Å². The van der Waals surface area contributed by atoms with Gasteiger partial charge in [-0.05, 0) is 25.5 Å². The number of aryl methyl sites for hydroxylation is 1. The molecule has 3 nitrogen and oxygen atoms in total. The van der Waals surface area contributed by atoms with Crippen molar-refractivity contribution in [2.24, 2.45) is 0 Å². The third kappa shape index (κ3) is 1.88. The van der Waals surface area contributed by atoms with Crippen molar-refractivity contribution in [2.45, 2.75) is 20.0 Å². The van der Waals surface area contributed by atoms with Gasteiger partial charge in [-0.1, -0.05) is 11.6 Å². The monoisotopic (exact) mass is 172 g/mol. The van der Waals surface area contributed by atoms with Gasteiger partial charge in [0.1, 0.15) is 0 Å². The summed E-state index contributed by atoms with van der Waals surface area (Å²) in [6, 6.07) is 1.72. The molecule has 60 valence electrons. The van der Waals surface area contributed by atoms with E-state index in [1.807, 2.05) is 6.92 Å². The molecule has 11 heavy (non-hydrogen) atoms. The summed E-state index contributed by atoms with van der Waals surface area (Å²) in [6.45, 7) is 3.46. The Morgan fingerprint density at radius 2 is 2.18 bits per heavy atom. The Labute approximate surface area is 70.0 Å². The van der Waals surface area contributed by atoms with Crippen LogP contribution in [0, 0.1) is 6.92 Å². The van der Waals surface area contributed by atoms with Crippen molar-refractivity contribution >= 4 is 11.6 Å².